The minimum absolute atomic E-state index is 0.0376. The summed E-state index contributed by atoms with van der Waals surface area (Å²) in [6.07, 6.45) is 2.02. The molecule has 0 bridgehead atoms. The van der Waals surface area contributed by atoms with Crippen LogP contribution in [0, 0.1) is 11.7 Å². The Bertz CT molecular complexity index is 1820. The van der Waals surface area contributed by atoms with Crippen molar-refractivity contribution in [3.05, 3.63) is 58.5 Å². The number of fused-ring (bicyclic) bond motifs is 2. The van der Waals surface area contributed by atoms with E-state index >= 15 is 4.39 Å². The molecule has 2 aliphatic heterocycles. The van der Waals surface area contributed by atoms with Gasteiger partial charge in [-0.1, -0.05) is 73.1 Å². The van der Waals surface area contributed by atoms with E-state index in [0.29, 0.717) is 40.1 Å². The zero-order valence-corrected chi connectivity index (χ0v) is 31.6. The number of halogens is 2. The van der Waals surface area contributed by atoms with Crippen LogP contribution in [0.1, 0.15) is 85.4 Å². The van der Waals surface area contributed by atoms with E-state index in [9.17, 15) is 23.1 Å². The molecule has 0 saturated carbocycles. The van der Waals surface area contributed by atoms with E-state index in [-0.39, 0.29) is 36.0 Å². The normalized spacial score (nSPS) is 19.1. The standard InChI is InChI=1S/C35H48ClFN4O5SSi/c1-20(2)15-31-27-18-29(37)33(16-24(27)11-13-40(31)35(43)44)39-14-12-30(34(39)42)38-47(45,46)25-9-10-26-28(36)19-41(32(26)17-25)48(21(3)4,22(5)6)23(7)8/h9-10,16-23,30-31,38H,11-15H2,1-8H3,(H,43,44)/t30-,31?/m0/s1. The van der Waals surface area contributed by atoms with Gasteiger partial charge in [0.15, 0.2) is 8.24 Å². The van der Waals surface area contributed by atoms with Crippen LogP contribution >= 0.6 is 11.6 Å². The Morgan fingerprint density at radius 1 is 1.04 bits per heavy atom. The van der Waals surface area contributed by atoms with Crippen molar-refractivity contribution in [1.29, 1.82) is 0 Å². The highest BCUT2D eigenvalue weighted by Crippen LogP contribution is 2.46. The highest BCUT2D eigenvalue weighted by Gasteiger charge is 2.46. The number of nitrogens with one attached hydrogen (secondary N) is 1. The van der Waals surface area contributed by atoms with Crippen LogP contribution in [0.4, 0.5) is 14.9 Å². The molecule has 1 fully saturated rings. The van der Waals surface area contributed by atoms with Crippen molar-refractivity contribution >= 4 is 58.5 Å². The lowest BCUT2D eigenvalue weighted by molar-refractivity contribution is -0.118. The summed E-state index contributed by atoms with van der Waals surface area (Å²) in [5.74, 6) is -0.980. The third-order valence-electron chi connectivity index (χ3n) is 10.5. The summed E-state index contributed by atoms with van der Waals surface area (Å²) < 4.78 is 48.2. The molecule has 9 nitrogen and oxygen atoms in total. The third-order valence-corrected chi connectivity index (χ3v) is 19.1. The van der Waals surface area contributed by atoms with Crippen molar-refractivity contribution in [3.63, 3.8) is 0 Å². The van der Waals surface area contributed by atoms with Gasteiger partial charge < -0.3 is 19.1 Å². The van der Waals surface area contributed by atoms with Gasteiger partial charge in [0.1, 0.15) is 11.9 Å². The first-order chi connectivity index (χ1) is 22.4. The summed E-state index contributed by atoms with van der Waals surface area (Å²) >= 11 is 6.73. The number of carbonyl (C=O) groups excluding carboxylic acids is 1. The zero-order chi connectivity index (χ0) is 35.5. The van der Waals surface area contributed by atoms with Crippen LogP contribution < -0.4 is 9.62 Å². The molecule has 0 radical (unpaired) electrons. The monoisotopic (exact) mass is 718 g/mol. The number of nitrogens with zero attached hydrogens (tertiary/aromatic N) is 3. The number of hydrogen-bond acceptors (Lipinski definition) is 4. The van der Waals surface area contributed by atoms with Crippen molar-refractivity contribution in [1.82, 2.24) is 13.9 Å². The second-order valence-electron chi connectivity index (χ2n) is 14.7. The molecule has 1 unspecified atom stereocenters. The molecule has 2 atom stereocenters. The minimum Gasteiger partial charge on any atom is -0.465 e. The fourth-order valence-electron chi connectivity index (χ4n) is 8.62. The molecule has 2 N–H and O–H groups in total. The van der Waals surface area contributed by atoms with Gasteiger partial charge in [0.05, 0.1) is 21.6 Å². The Hall–Kier alpha value is -2.93. The molecule has 2 amide bonds. The molecule has 0 aliphatic carbocycles. The summed E-state index contributed by atoms with van der Waals surface area (Å²) in [5.41, 5.74) is 3.31. The predicted octanol–water partition coefficient (Wildman–Crippen LogP) is 8.16. The Morgan fingerprint density at radius 3 is 2.27 bits per heavy atom. The molecule has 3 heterocycles. The molecular weight excluding hydrogens is 671 g/mol. The number of aromatic nitrogens is 1. The van der Waals surface area contributed by atoms with Gasteiger partial charge in [-0.3, -0.25) is 4.79 Å². The molecule has 5 rings (SSSR count). The first kappa shape index (κ1) is 36.4. The smallest absolute Gasteiger partial charge is 0.407 e. The van der Waals surface area contributed by atoms with E-state index in [0.717, 1.165) is 16.5 Å². The number of carbonyl (C=O) groups is 2. The lowest BCUT2D eigenvalue weighted by Gasteiger charge is -2.44. The van der Waals surface area contributed by atoms with Gasteiger partial charge in [0, 0.05) is 30.2 Å². The van der Waals surface area contributed by atoms with Gasteiger partial charge >= 0.3 is 6.09 Å². The largest absolute Gasteiger partial charge is 0.465 e. The van der Waals surface area contributed by atoms with Crippen LogP contribution in [-0.2, 0) is 21.2 Å². The zero-order valence-electron chi connectivity index (χ0n) is 29.0. The molecule has 1 aromatic heterocycles. The first-order valence-electron chi connectivity index (χ1n) is 16.9. The maximum absolute atomic E-state index is 15.7. The lowest BCUT2D eigenvalue weighted by atomic mass is 9.87. The van der Waals surface area contributed by atoms with Crippen molar-refractivity contribution in [2.75, 3.05) is 18.0 Å². The molecular formula is C35H48ClFN4O5SSi. The van der Waals surface area contributed by atoms with Crippen LogP contribution in [0.3, 0.4) is 0 Å². The minimum atomic E-state index is -4.14. The second-order valence-corrected chi connectivity index (χ2v) is 22.5. The summed E-state index contributed by atoms with van der Waals surface area (Å²) in [5, 5.41) is 11.1. The summed E-state index contributed by atoms with van der Waals surface area (Å²) in [6, 6.07) is 6.33. The van der Waals surface area contributed by atoms with Gasteiger partial charge in [-0.05, 0) is 77.2 Å². The molecule has 2 aromatic carbocycles. The fourth-order valence-corrected chi connectivity index (χ4v) is 16.8. The van der Waals surface area contributed by atoms with Crippen molar-refractivity contribution in [2.24, 2.45) is 5.92 Å². The molecule has 262 valence electrons. The highest BCUT2D eigenvalue weighted by atomic mass is 35.5. The van der Waals surface area contributed by atoms with E-state index in [4.69, 9.17) is 11.6 Å². The van der Waals surface area contributed by atoms with Gasteiger partial charge in [-0.15, -0.1) is 0 Å². The Kier molecular flexibility index (Phi) is 10.2. The fraction of sp³-hybridized carbons (Fsp3) is 0.543. The average Bonchev–Trinajstić information content (AvgIpc) is 3.50. The summed E-state index contributed by atoms with van der Waals surface area (Å²) in [4.78, 5) is 28.3. The SMILES string of the molecule is CC(C)CC1c2cc(F)c(N3CC[C@H](NS(=O)(=O)c4ccc5c(Cl)cn([Si](C(C)C)(C(C)C)C(C)C)c5c4)C3=O)cc2CCN1C(=O)O. The Labute approximate surface area is 289 Å². The molecule has 13 heteroatoms. The number of anilines is 1. The van der Waals surface area contributed by atoms with Gasteiger partial charge in [-0.2, -0.15) is 4.72 Å². The van der Waals surface area contributed by atoms with Gasteiger partial charge in [-0.25, -0.2) is 17.6 Å². The summed E-state index contributed by atoms with van der Waals surface area (Å²) in [6.45, 7) is 17.8. The topological polar surface area (TPSA) is 112 Å². The maximum atomic E-state index is 15.7. The van der Waals surface area contributed by atoms with Crippen molar-refractivity contribution in [3.8, 4) is 0 Å². The number of rotatable bonds is 10. The number of sulfonamides is 1. The summed E-state index contributed by atoms with van der Waals surface area (Å²) in [7, 11) is -6.41. The second kappa shape index (κ2) is 13.4. The van der Waals surface area contributed by atoms with Crippen LogP contribution in [0.2, 0.25) is 21.6 Å². The van der Waals surface area contributed by atoms with Crippen LogP contribution in [-0.4, -0.2) is 62.0 Å². The maximum Gasteiger partial charge on any atom is 0.407 e. The molecule has 2 aliphatic rings. The number of amides is 2. The number of carboxylic acid groups (broad SMARTS) is 1. The van der Waals surface area contributed by atoms with Gasteiger partial charge in [0.25, 0.3) is 0 Å². The third kappa shape index (κ3) is 6.18. The Balaban J connectivity index is 1.44. The van der Waals surface area contributed by atoms with Crippen molar-refractivity contribution < 1.29 is 27.5 Å². The molecule has 48 heavy (non-hydrogen) atoms. The predicted molar refractivity (Wildman–Crippen MR) is 192 cm³/mol. The van der Waals surface area contributed by atoms with E-state index in [1.807, 2.05) is 20.0 Å². The lowest BCUT2D eigenvalue weighted by Crippen LogP contribution is -2.51. The average molecular weight is 719 g/mol. The van der Waals surface area contributed by atoms with E-state index in [1.165, 1.54) is 21.9 Å². The molecule has 3 aromatic rings. The number of benzene rings is 2. The molecule has 1 saturated heterocycles. The first-order valence-corrected chi connectivity index (χ1v) is 20.9. The molecule has 0 spiro atoms. The van der Waals surface area contributed by atoms with Crippen molar-refractivity contribution in [2.45, 2.75) is 108 Å². The van der Waals surface area contributed by atoms with E-state index in [2.05, 4.69) is 50.5 Å². The van der Waals surface area contributed by atoms with E-state index in [1.54, 1.807) is 18.2 Å². The Morgan fingerprint density at radius 2 is 1.69 bits per heavy atom. The van der Waals surface area contributed by atoms with Crippen LogP contribution in [0.5, 0.6) is 0 Å². The van der Waals surface area contributed by atoms with Gasteiger partial charge in [0.2, 0.25) is 15.9 Å². The van der Waals surface area contributed by atoms with Crippen LogP contribution in [0.15, 0.2) is 41.4 Å². The van der Waals surface area contributed by atoms with E-state index < -0.39 is 48.2 Å². The quantitative estimate of drug-likeness (QED) is 0.206. The number of hydrogen-bond donors (Lipinski definition) is 2. The van der Waals surface area contributed by atoms with Crippen LogP contribution in [0.25, 0.3) is 10.9 Å². The highest BCUT2D eigenvalue weighted by molar-refractivity contribution is 7.89.